The summed E-state index contributed by atoms with van der Waals surface area (Å²) in [7, 11) is 1.73. The highest BCUT2D eigenvalue weighted by Gasteiger charge is 2.39. The van der Waals surface area contributed by atoms with Crippen molar-refractivity contribution in [2.24, 2.45) is 7.05 Å². The second kappa shape index (κ2) is 6.07. The SMILES string of the molecule is CCCc1c(C(=O)OCC)c2c(n1C)C(=O)c1ccccc1C2=O. The number of carbonyl (C=O) groups excluding carboxylic acids is 3. The first-order chi connectivity index (χ1) is 11.5. The lowest BCUT2D eigenvalue weighted by Crippen LogP contribution is -2.23. The maximum absolute atomic E-state index is 13.0. The smallest absolute Gasteiger partial charge is 0.340 e. The number of aromatic nitrogens is 1. The first-order valence-corrected chi connectivity index (χ1v) is 8.09. The largest absolute Gasteiger partial charge is 0.462 e. The molecule has 3 rings (SSSR count). The summed E-state index contributed by atoms with van der Waals surface area (Å²) in [5, 5.41) is 0. The second-order valence-electron chi connectivity index (χ2n) is 5.78. The standard InChI is InChI=1S/C19H19NO4/c1-4-8-13-14(19(23)24-5-2)15-16(20(13)3)18(22)12-10-7-6-9-11(12)17(15)21/h6-7,9-10H,4-5,8H2,1-3H3. The summed E-state index contributed by atoms with van der Waals surface area (Å²) in [6, 6.07) is 6.72. The van der Waals surface area contributed by atoms with Crippen molar-refractivity contribution in [1.29, 1.82) is 0 Å². The summed E-state index contributed by atoms with van der Waals surface area (Å²) in [5.74, 6) is -1.06. The average Bonchev–Trinajstić information content (AvgIpc) is 2.87. The molecule has 1 aliphatic carbocycles. The summed E-state index contributed by atoms with van der Waals surface area (Å²) in [6.07, 6.45) is 1.38. The van der Waals surface area contributed by atoms with Crippen LogP contribution in [-0.4, -0.2) is 28.7 Å². The van der Waals surface area contributed by atoms with Gasteiger partial charge >= 0.3 is 5.97 Å². The molecule has 0 atom stereocenters. The number of hydrogen-bond donors (Lipinski definition) is 0. The lowest BCUT2D eigenvalue weighted by atomic mass is 9.86. The van der Waals surface area contributed by atoms with Crippen molar-refractivity contribution in [3.63, 3.8) is 0 Å². The number of hydrogen-bond acceptors (Lipinski definition) is 4. The van der Waals surface area contributed by atoms with Crippen molar-refractivity contribution in [3.8, 4) is 0 Å². The number of benzene rings is 1. The molecule has 0 amide bonds. The predicted molar refractivity (Wildman–Crippen MR) is 88.7 cm³/mol. The van der Waals surface area contributed by atoms with Gasteiger partial charge in [0.15, 0.2) is 5.78 Å². The van der Waals surface area contributed by atoms with Crippen molar-refractivity contribution in [3.05, 3.63) is 57.9 Å². The third-order valence-electron chi connectivity index (χ3n) is 4.34. The molecule has 2 aromatic rings. The normalized spacial score (nSPS) is 12.8. The van der Waals surface area contributed by atoms with E-state index >= 15 is 0 Å². The Balaban J connectivity index is 2.32. The molecular weight excluding hydrogens is 306 g/mol. The summed E-state index contributed by atoms with van der Waals surface area (Å²) in [4.78, 5) is 38.4. The van der Waals surface area contributed by atoms with Crippen LogP contribution in [0.2, 0.25) is 0 Å². The molecule has 1 aromatic heterocycles. The summed E-state index contributed by atoms with van der Waals surface area (Å²) < 4.78 is 6.83. The Morgan fingerprint density at radius 2 is 1.71 bits per heavy atom. The van der Waals surface area contributed by atoms with Gasteiger partial charge in [0.25, 0.3) is 0 Å². The topological polar surface area (TPSA) is 65.4 Å². The van der Waals surface area contributed by atoms with Crippen molar-refractivity contribution >= 4 is 17.5 Å². The first-order valence-electron chi connectivity index (χ1n) is 8.09. The Kier molecular flexibility index (Phi) is 4.09. The van der Waals surface area contributed by atoms with Gasteiger partial charge in [-0.1, -0.05) is 37.6 Å². The van der Waals surface area contributed by atoms with E-state index in [1.54, 1.807) is 42.8 Å². The maximum Gasteiger partial charge on any atom is 0.340 e. The van der Waals surface area contributed by atoms with Crippen molar-refractivity contribution in [1.82, 2.24) is 4.57 Å². The summed E-state index contributed by atoms with van der Waals surface area (Å²) >= 11 is 0. The number of nitrogens with zero attached hydrogens (tertiary/aromatic N) is 1. The molecule has 124 valence electrons. The summed E-state index contributed by atoms with van der Waals surface area (Å²) in [5.41, 5.74) is 2.11. The Morgan fingerprint density at radius 1 is 1.08 bits per heavy atom. The number of carbonyl (C=O) groups is 3. The molecule has 0 fully saturated rings. The van der Waals surface area contributed by atoms with E-state index < -0.39 is 5.97 Å². The third kappa shape index (κ3) is 2.19. The van der Waals surface area contributed by atoms with Crippen molar-refractivity contribution in [2.75, 3.05) is 6.61 Å². The van der Waals surface area contributed by atoms with Crippen LogP contribution >= 0.6 is 0 Å². The van der Waals surface area contributed by atoms with Gasteiger partial charge in [0, 0.05) is 23.9 Å². The predicted octanol–water partition coefficient (Wildman–Crippen LogP) is 2.93. The van der Waals surface area contributed by atoms with Gasteiger partial charge in [0.1, 0.15) is 5.69 Å². The molecular formula is C19H19NO4. The lowest BCUT2D eigenvalue weighted by Gasteiger charge is -2.16. The minimum absolute atomic E-state index is 0.183. The van der Waals surface area contributed by atoms with Crippen LogP contribution in [0.4, 0.5) is 0 Å². The minimum Gasteiger partial charge on any atom is -0.462 e. The molecule has 24 heavy (non-hydrogen) atoms. The van der Waals surface area contributed by atoms with Gasteiger partial charge in [-0.3, -0.25) is 9.59 Å². The average molecular weight is 325 g/mol. The molecule has 0 unspecified atom stereocenters. The molecule has 0 saturated carbocycles. The van der Waals surface area contributed by atoms with E-state index in [-0.39, 0.29) is 35.0 Å². The number of ketones is 2. The molecule has 0 N–H and O–H groups in total. The second-order valence-corrected chi connectivity index (χ2v) is 5.78. The van der Waals surface area contributed by atoms with E-state index in [1.807, 2.05) is 6.92 Å². The number of fused-ring (bicyclic) bond motifs is 2. The summed E-state index contributed by atoms with van der Waals surface area (Å²) in [6.45, 7) is 3.92. The first kappa shape index (κ1) is 16.2. The van der Waals surface area contributed by atoms with E-state index in [2.05, 4.69) is 0 Å². The number of rotatable bonds is 4. The Labute approximate surface area is 140 Å². The highest BCUT2D eigenvalue weighted by Crippen LogP contribution is 2.33. The van der Waals surface area contributed by atoms with Crippen LogP contribution in [0.25, 0.3) is 0 Å². The molecule has 0 bridgehead atoms. The van der Waals surface area contributed by atoms with E-state index in [1.165, 1.54) is 0 Å². The maximum atomic E-state index is 13.0. The van der Waals surface area contributed by atoms with Crippen LogP contribution in [0, 0.1) is 0 Å². The molecule has 5 nitrogen and oxygen atoms in total. The zero-order valence-electron chi connectivity index (χ0n) is 14.0. The fourth-order valence-electron chi connectivity index (χ4n) is 3.31. The quantitative estimate of drug-likeness (QED) is 0.692. The van der Waals surface area contributed by atoms with E-state index in [9.17, 15) is 14.4 Å². The molecule has 1 aromatic carbocycles. The van der Waals surface area contributed by atoms with Crippen molar-refractivity contribution < 1.29 is 19.1 Å². The van der Waals surface area contributed by atoms with Crippen molar-refractivity contribution in [2.45, 2.75) is 26.7 Å². The zero-order chi connectivity index (χ0) is 17.4. The van der Waals surface area contributed by atoms with Gasteiger partial charge in [-0.05, 0) is 13.3 Å². The number of ether oxygens (including phenoxy) is 1. The highest BCUT2D eigenvalue weighted by molar-refractivity contribution is 6.30. The fourth-order valence-corrected chi connectivity index (χ4v) is 3.31. The zero-order valence-corrected chi connectivity index (χ0v) is 14.0. The highest BCUT2D eigenvalue weighted by atomic mass is 16.5. The molecule has 1 heterocycles. The lowest BCUT2D eigenvalue weighted by molar-refractivity contribution is 0.0522. The van der Waals surface area contributed by atoms with E-state index in [0.717, 1.165) is 6.42 Å². The minimum atomic E-state index is -0.543. The molecule has 5 heteroatoms. The van der Waals surface area contributed by atoms with Gasteiger partial charge < -0.3 is 9.30 Å². The Hall–Kier alpha value is -2.69. The van der Waals surface area contributed by atoms with Crippen LogP contribution < -0.4 is 0 Å². The molecule has 0 saturated heterocycles. The van der Waals surface area contributed by atoms with Gasteiger partial charge in [-0.25, -0.2) is 4.79 Å². The van der Waals surface area contributed by atoms with Crippen LogP contribution in [-0.2, 0) is 18.2 Å². The van der Waals surface area contributed by atoms with E-state index in [4.69, 9.17) is 4.74 Å². The molecule has 1 aliphatic rings. The molecule has 0 radical (unpaired) electrons. The van der Waals surface area contributed by atoms with Crippen LogP contribution in [0.1, 0.15) is 68.3 Å². The van der Waals surface area contributed by atoms with E-state index in [0.29, 0.717) is 23.2 Å². The molecule has 0 aliphatic heterocycles. The monoisotopic (exact) mass is 325 g/mol. The van der Waals surface area contributed by atoms with Crippen LogP contribution in [0.5, 0.6) is 0 Å². The molecule has 0 spiro atoms. The Bertz CT molecular complexity index is 860. The van der Waals surface area contributed by atoms with Gasteiger partial charge in [-0.15, -0.1) is 0 Å². The number of esters is 1. The van der Waals surface area contributed by atoms with Crippen LogP contribution in [0.3, 0.4) is 0 Å². The van der Waals surface area contributed by atoms with Gasteiger partial charge in [0.2, 0.25) is 5.78 Å². The van der Waals surface area contributed by atoms with Gasteiger partial charge in [-0.2, -0.15) is 0 Å². The van der Waals surface area contributed by atoms with Crippen LogP contribution in [0.15, 0.2) is 24.3 Å². The van der Waals surface area contributed by atoms with Gasteiger partial charge in [0.05, 0.1) is 17.7 Å². The Morgan fingerprint density at radius 3 is 2.29 bits per heavy atom. The fraction of sp³-hybridized carbons (Fsp3) is 0.316. The third-order valence-corrected chi connectivity index (χ3v) is 4.34.